The molecule has 0 spiro atoms. The van der Waals surface area contributed by atoms with Gasteiger partial charge in [-0.2, -0.15) is 0 Å². The molecule has 132 valence electrons. The van der Waals surface area contributed by atoms with Crippen molar-refractivity contribution in [1.82, 2.24) is 4.90 Å². The molecule has 1 heterocycles. The lowest BCUT2D eigenvalue weighted by Crippen LogP contribution is -2.40. The maximum absolute atomic E-state index is 12.8. The van der Waals surface area contributed by atoms with Gasteiger partial charge in [-0.25, -0.2) is 0 Å². The second-order valence-electron chi connectivity index (χ2n) is 5.94. The van der Waals surface area contributed by atoms with Crippen LogP contribution in [0, 0.1) is 6.92 Å². The number of hydrogen-bond donors (Lipinski definition) is 1. The Hall–Kier alpha value is -2.89. The first-order chi connectivity index (χ1) is 12.0. The van der Waals surface area contributed by atoms with Crippen LogP contribution in [0.3, 0.4) is 0 Å². The van der Waals surface area contributed by atoms with Crippen molar-refractivity contribution in [3.8, 4) is 17.2 Å². The van der Waals surface area contributed by atoms with E-state index in [4.69, 9.17) is 14.2 Å². The van der Waals surface area contributed by atoms with Crippen molar-refractivity contribution in [2.75, 3.05) is 33.7 Å². The van der Waals surface area contributed by atoms with Crippen LogP contribution in [0.2, 0.25) is 0 Å². The smallest absolute Gasteiger partial charge is 0.257 e. The SMILES string of the molecule is COc1ccc([C@@H]2Nc3cc(OC)c(OC)cc3C(=O)N2C)cc1C. The summed E-state index contributed by atoms with van der Waals surface area (Å²) in [5.41, 5.74) is 3.27. The molecule has 2 aromatic carbocycles. The maximum Gasteiger partial charge on any atom is 0.257 e. The Kier molecular flexibility index (Phi) is 4.44. The van der Waals surface area contributed by atoms with Crippen LogP contribution in [0.4, 0.5) is 5.69 Å². The zero-order valence-corrected chi connectivity index (χ0v) is 15.0. The largest absolute Gasteiger partial charge is 0.496 e. The van der Waals surface area contributed by atoms with E-state index >= 15 is 0 Å². The van der Waals surface area contributed by atoms with E-state index in [0.717, 1.165) is 22.6 Å². The predicted octanol–water partition coefficient (Wildman–Crippen LogP) is 3.22. The van der Waals surface area contributed by atoms with Gasteiger partial charge in [-0.15, -0.1) is 0 Å². The highest BCUT2D eigenvalue weighted by molar-refractivity contribution is 6.02. The summed E-state index contributed by atoms with van der Waals surface area (Å²) >= 11 is 0. The fourth-order valence-corrected chi connectivity index (χ4v) is 3.11. The lowest BCUT2D eigenvalue weighted by Gasteiger charge is -2.36. The van der Waals surface area contributed by atoms with E-state index in [2.05, 4.69) is 5.32 Å². The third-order valence-corrected chi connectivity index (χ3v) is 4.49. The molecule has 0 aromatic heterocycles. The number of anilines is 1. The number of amides is 1. The van der Waals surface area contributed by atoms with Crippen LogP contribution in [0.1, 0.15) is 27.7 Å². The average molecular weight is 342 g/mol. The third-order valence-electron chi connectivity index (χ3n) is 4.49. The highest BCUT2D eigenvalue weighted by Gasteiger charge is 2.32. The molecular weight excluding hydrogens is 320 g/mol. The van der Waals surface area contributed by atoms with Gasteiger partial charge in [0.05, 0.1) is 32.6 Å². The number of hydrogen-bond acceptors (Lipinski definition) is 5. The molecule has 0 bridgehead atoms. The number of ether oxygens (including phenoxy) is 3. The zero-order valence-electron chi connectivity index (χ0n) is 15.0. The number of benzene rings is 2. The van der Waals surface area contributed by atoms with Gasteiger partial charge in [-0.1, -0.05) is 6.07 Å². The topological polar surface area (TPSA) is 60.0 Å². The molecule has 6 nitrogen and oxygen atoms in total. The molecule has 25 heavy (non-hydrogen) atoms. The summed E-state index contributed by atoms with van der Waals surface area (Å²) < 4.78 is 16.0. The Balaban J connectivity index is 2.03. The highest BCUT2D eigenvalue weighted by atomic mass is 16.5. The van der Waals surface area contributed by atoms with Crippen LogP contribution in [0.5, 0.6) is 17.2 Å². The molecule has 1 aliphatic heterocycles. The van der Waals surface area contributed by atoms with Gasteiger partial charge >= 0.3 is 0 Å². The molecule has 6 heteroatoms. The average Bonchev–Trinajstić information content (AvgIpc) is 2.63. The first-order valence-corrected chi connectivity index (χ1v) is 7.94. The minimum Gasteiger partial charge on any atom is -0.496 e. The molecule has 0 saturated heterocycles. The van der Waals surface area contributed by atoms with Crippen molar-refractivity contribution in [2.45, 2.75) is 13.1 Å². The van der Waals surface area contributed by atoms with E-state index < -0.39 is 0 Å². The molecule has 1 aliphatic rings. The molecular formula is C19H22N2O4. The highest BCUT2D eigenvalue weighted by Crippen LogP contribution is 2.39. The number of carbonyl (C=O) groups excluding carboxylic acids is 1. The monoisotopic (exact) mass is 342 g/mol. The van der Waals surface area contributed by atoms with Crippen molar-refractivity contribution < 1.29 is 19.0 Å². The van der Waals surface area contributed by atoms with Crippen molar-refractivity contribution in [3.05, 3.63) is 47.0 Å². The second kappa shape index (κ2) is 6.55. The Morgan fingerprint density at radius 1 is 0.960 bits per heavy atom. The van der Waals surface area contributed by atoms with Crippen molar-refractivity contribution >= 4 is 11.6 Å². The number of rotatable bonds is 4. The van der Waals surface area contributed by atoms with Gasteiger partial charge in [-0.05, 0) is 36.2 Å². The molecule has 0 saturated carbocycles. The van der Waals surface area contributed by atoms with Gasteiger partial charge in [0.25, 0.3) is 5.91 Å². The van der Waals surface area contributed by atoms with Crippen molar-refractivity contribution in [3.63, 3.8) is 0 Å². The quantitative estimate of drug-likeness (QED) is 0.924. The number of aryl methyl sites for hydroxylation is 1. The zero-order chi connectivity index (χ0) is 18.1. The van der Waals surface area contributed by atoms with Crippen LogP contribution in [-0.2, 0) is 0 Å². The molecule has 3 rings (SSSR count). The Labute approximate surface area is 147 Å². The molecule has 0 radical (unpaired) electrons. The third kappa shape index (κ3) is 2.84. The lowest BCUT2D eigenvalue weighted by molar-refractivity contribution is 0.0735. The summed E-state index contributed by atoms with van der Waals surface area (Å²) in [5, 5.41) is 3.41. The van der Waals surface area contributed by atoms with Gasteiger partial charge in [-0.3, -0.25) is 4.79 Å². The van der Waals surface area contributed by atoms with Gasteiger partial charge in [0.1, 0.15) is 11.9 Å². The Bertz CT molecular complexity index is 819. The summed E-state index contributed by atoms with van der Waals surface area (Å²) in [4.78, 5) is 14.5. The second-order valence-corrected chi connectivity index (χ2v) is 5.94. The first kappa shape index (κ1) is 17.0. The molecule has 1 N–H and O–H groups in total. The number of nitrogens with zero attached hydrogens (tertiary/aromatic N) is 1. The van der Waals surface area contributed by atoms with Crippen molar-refractivity contribution in [2.24, 2.45) is 0 Å². The van der Waals surface area contributed by atoms with Crippen LogP contribution in [-0.4, -0.2) is 39.2 Å². The normalized spacial score (nSPS) is 16.1. The van der Waals surface area contributed by atoms with Gasteiger partial charge in [0.2, 0.25) is 0 Å². The Morgan fingerprint density at radius 2 is 1.60 bits per heavy atom. The molecule has 2 aromatic rings. The van der Waals surface area contributed by atoms with Crippen LogP contribution < -0.4 is 19.5 Å². The van der Waals surface area contributed by atoms with Crippen LogP contribution >= 0.6 is 0 Å². The number of nitrogens with one attached hydrogen (secondary N) is 1. The van der Waals surface area contributed by atoms with E-state index in [1.807, 2.05) is 25.1 Å². The fraction of sp³-hybridized carbons (Fsp3) is 0.316. The van der Waals surface area contributed by atoms with E-state index in [0.29, 0.717) is 17.1 Å². The molecule has 1 atom stereocenters. The van der Waals surface area contributed by atoms with E-state index in [1.165, 1.54) is 0 Å². The van der Waals surface area contributed by atoms with Gasteiger partial charge < -0.3 is 24.4 Å². The summed E-state index contributed by atoms with van der Waals surface area (Å²) in [6.45, 7) is 1.98. The standard InChI is InChI=1S/C19H22N2O4/c1-11-8-12(6-7-15(11)23-3)18-20-14-10-17(25-5)16(24-4)9-13(14)19(22)21(18)2/h6-10,18,20H,1-5H3/t18-/m1/s1. The van der Waals surface area contributed by atoms with Gasteiger partial charge in [0, 0.05) is 13.1 Å². The number of fused-ring (bicyclic) bond motifs is 1. The van der Waals surface area contributed by atoms with Crippen LogP contribution in [0.15, 0.2) is 30.3 Å². The van der Waals surface area contributed by atoms with Crippen LogP contribution in [0.25, 0.3) is 0 Å². The fourth-order valence-electron chi connectivity index (χ4n) is 3.11. The van der Waals surface area contributed by atoms with Gasteiger partial charge in [0.15, 0.2) is 11.5 Å². The lowest BCUT2D eigenvalue weighted by atomic mass is 10.0. The first-order valence-electron chi connectivity index (χ1n) is 7.94. The summed E-state index contributed by atoms with van der Waals surface area (Å²) in [6.07, 6.45) is -0.275. The van der Waals surface area contributed by atoms with E-state index in [9.17, 15) is 4.79 Å². The number of methoxy groups -OCH3 is 3. The molecule has 0 aliphatic carbocycles. The summed E-state index contributed by atoms with van der Waals surface area (Å²) in [5.74, 6) is 1.85. The summed E-state index contributed by atoms with van der Waals surface area (Å²) in [7, 11) is 6.55. The predicted molar refractivity (Wildman–Crippen MR) is 95.7 cm³/mol. The van der Waals surface area contributed by atoms with Crippen molar-refractivity contribution in [1.29, 1.82) is 0 Å². The molecule has 1 amide bonds. The van der Waals surface area contributed by atoms with E-state index in [1.54, 1.807) is 45.4 Å². The molecule has 0 unspecified atom stereocenters. The minimum absolute atomic E-state index is 0.0758. The summed E-state index contributed by atoms with van der Waals surface area (Å²) in [6, 6.07) is 9.39. The molecule has 0 fully saturated rings. The Morgan fingerprint density at radius 3 is 2.20 bits per heavy atom. The van der Waals surface area contributed by atoms with E-state index in [-0.39, 0.29) is 12.1 Å². The maximum atomic E-state index is 12.8. The minimum atomic E-state index is -0.275. The number of carbonyl (C=O) groups is 1.